The summed E-state index contributed by atoms with van der Waals surface area (Å²) >= 11 is 11.9. The molecule has 2 aromatic rings. The fraction of sp³-hybridized carbons (Fsp3) is 0.222. The van der Waals surface area contributed by atoms with Gasteiger partial charge in [-0.2, -0.15) is 0 Å². The molecular formula is C18H16Cl2N2O3. The predicted molar refractivity (Wildman–Crippen MR) is 97.3 cm³/mol. The summed E-state index contributed by atoms with van der Waals surface area (Å²) < 4.78 is 5.66. The molecule has 3 rings (SSSR count). The van der Waals surface area contributed by atoms with Crippen LogP contribution in [0.15, 0.2) is 42.5 Å². The number of carbonyl (C=O) groups is 2. The number of ether oxygens (including phenoxy) is 1. The summed E-state index contributed by atoms with van der Waals surface area (Å²) in [6, 6.07) is 11.5. The highest BCUT2D eigenvalue weighted by Gasteiger charge is 2.37. The second-order valence-electron chi connectivity index (χ2n) is 5.63. The number of benzene rings is 2. The van der Waals surface area contributed by atoms with Gasteiger partial charge in [0.15, 0.2) is 0 Å². The highest BCUT2D eigenvalue weighted by Crippen LogP contribution is 2.37. The lowest BCUT2D eigenvalue weighted by Crippen LogP contribution is -2.38. The number of amides is 2. The van der Waals surface area contributed by atoms with Crippen molar-refractivity contribution in [2.45, 2.75) is 13.0 Å². The molecule has 1 unspecified atom stereocenters. The van der Waals surface area contributed by atoms with E-state index in [1.807, 2.05) is 0 Å². The van der Waals surface area contributed by atoms with Gasteiger partial charge in [-0.25, -0.2) is 0 Å². The highest BCUT2D eigenvalue weighted by molar-refractivity contribution is 6.31. The van der Waals surface area contributed by atoms with Crippen LogP contribution in [0.1, 0.15) is 18.5 Å². The van der Waals surface area contributed by atoms with E-state index in [1.165, 1.54) is 6.92 Å². The Labute approximate surface area is 155 Å². The first-order valence-corrected chi connectivity index (χ1v) is 8.47. The number of rotatable bonds is 5. The third kappa shape index (κ3) is 3.89. The van der Waals surface area contributed by atoms with E-state index in [2.05, 4.69) is 5.32 Å². The molecule has 1 N–H and O–H groups in total. The summed E-state index contributed by atoms with van der Waals surface area (Å²) in [5.41, 5.74) is 1.42. The molecule has 0 aromatic heterocycles. The molecule has 1 heterocycles. The van der Waals surface area contributed by atoms with Crippen LogP contribution >= 0.6 is 23.2 Å². The Hall–Kier alpha value is -2.24. The van der Waals surface area contributed by atoms with Crippen LogP contribution in [0.5, 0.6) is 5.75 Å². The second-order valence-corrected chi connectivity index (χ2v) is 6.50. The second kappa shape index (κ2) is 7.33. The smallest absolute Gasteiger partial charge is 0.254 e. The molecule has 0 aliphatic carbocycles. The zero-order valence-electron chi connectivity index (χ0n) is 13.5. The van der Waals surface area contributed by atoms with Crippen molar-refractivity contribution in [3.05, 3.63) is 58.1 Å². The standard InChI is InChI=1S/C18H16Cl2N2O3/c1-11(23)21-17-15-10-13(20)4-7-16(15)22(18(17)24)8-9-25-14-5-2-12(19)3-6-14/h2-7,10,17H,8-9H2,1H3,(H,21,23). The summed E-state index contributed by atoms with van der Waals surface area (Å²) in [6.45, 7) is 2.04. The first-order valence-electron chi connectivity index (χ1n) is 7.72. The van der Waals surface area contributed by atoms with Crippen LogP contribution in [-0.2, 0) is 9.59 Å². The number of halogens is 2. The number of nitrogens with zero attached hydrogens (tertiary/aromatic N) is 1. The van der Waals surface area contributed by atoms with E-state index in [4.69, 9.17) is 27.9 Å². The summed E-state index contributed by atoms with van der Waals surface area (Å²) in [7, 11) is 0. The van der Waals surface area contributed by atoms with Crippen LogP contribution in [0.3, 0.4) is 0 Å². The molecule has 0 bridgehead atoms. The van der Waals surface area contributed by atoms with E-state index in [0.717, 1.165) is 5.69 Å². The van der Waals surface area contributed by atoms with Crippen LogP contribution in [-0.4, -0.2) is 25.0 Å². The molecule has 0 radical (unpaired) electrons. The Morgan fingerprint density at radius 2 is 1.84 bits per heavy atom. The van der Waals surface area contributed by atoms with Gasteiger partial charge in [-0.1, -0.05) is 23.2 Å². The van der Waals surface area contributed by atoms with Crippen LogP contribution in [0, 0.1) is 0 Å². The average molecular weight is 379 g/mol. The molecule has 5 nitrogen and oxygen atoms in total. The molecule has 0 saturated heterocycles. The van der Waals surface area contributed by atoms with Gasteiger partial charge in [0.2, 0.25) is 5.91 Å². The zero-order valence-corrected chi connectivity index (χ0v) is 15.0. The Morgan fingerprint density at radius 1 is 1.16 bits per heavy atom. The number of fused-ring (bicyclic) bond motifs is 1. The summed E-state index contributed by atoms with van der Waals surface area (Å²) in [5, 5.41) is 3.82. The van der Waals surface area contributed by atoms with Crippen LogP contribution in [0.4, 0.5) is 5.69 Å². The van der Waals surface area contributed by atoms with E-state index >= 15 is 0 Å². The van der Waals surface area contributed by atoms with Gasteiger partial charge >= 0.3 is 0 Å². The van der Waals surface area contributed by atoms with E-state index in [9.17, 15) is 9.59 Å². The Bertz CT molecular complexity index is 808. The molecule has 25 heavy (non-hydrogen) atoms. The highest BCUT2D eigenvalue weighted by atomic mass is 35.5. The SMILES string of the molecule is CC(=O)NC1C(=O)N(CCOc2ccc(Cl)cc2)c2ccc(Cl)cc21. The number of anilines is 1. The maximum absolute atomic E-state index is 12.7. The van der Waals surface area contributed by atoms with Crippen molar-refractivity contribution in [2.24, 2.45) is 0 Å². The zero-order chi connectivity index (χ0) is 18.0. The topological polar surface area (TPSA) is 58.6 Å². The Kier molecular flexibility index (Phi) is 5.16. The normalized spacial score (nSPS) is 15.9. The third-order valence-electron chi connectivity index (χ3n) is 3.85. The number of hydrogen-bond donors (Lipinski definition) is 1. The van der Waals surface area contributed by atoms with Crippen LogP contribution in [0.2, 0.25) is 10.0 Å². The minimum Gasteiger partial charge on any atom is -0.492 e. The van der Waals surface area contributed by atoms with Crippen molar-refractivity contribution in [1.29, 1.82) is 0 Å². The molecule has 130 valence electrons. The third-order valence-corrected chi connectivity index (χ3v) is 4.34. The van der Waals surface area contributed by atoms with Gasteiger partial charge in [0.05, 0.1) is 6.54 Å². The molecule has 2 amide bonds. The lowest BCUT2D eigenvalue weighted by molar-refractivity contribution is -0.126. The van der Waals surface area contributed by atoms with Crippen molar-refractivity contribution in [3.63, 3.8) is 0 Å². The van der Waals surface area contributed by atoms with Gasteiger partial charge in [-0.15, -0.1) is 0 Å². The van der Waals surface area contributed by atoms with E-state index in [1.54, 1.807) is 47.4 Å². The Morgan fingerprint density at radius 3 is 2.52 bits per heavy atom. The largest absolute Gasteiger partial charge is 0.492 e. The average Bonchev–Trinajstić information content (AvgIpc) is 2.81. The summed E-state index contributed by atoms with van der Waals surface area (Å²) in [5.74, 6) is 0.196. The minimum atomic E-state index is -0.721. The molecule has 7 heteroatoms. The number of nitrogens with one attached hydrogen (secondary N) is 1. The first-order chi connectivity index (χ1) is 12.0. The fourth-order valence-corrected chi connectivity index (χ4v) is 3.08. The lowest BCUT2D eigenvalue weighted by Gasteiger charge is -2.18. The maximum Gasteiger partial charge on any atom is 0.254 e. The summed E-state index contributed by atoms with van der Waals surface area (Å²) in [4.78, 5) is 25.7. The van der Waals surface area contributed by atoms with Crippen molar-refractivity contribution in [1.82, 2.24) is 5.32 Å². The van der Waals surface area contributed by atoms with Gasteiger partial charge in [-0.05, 0) is 42.5 Å². The van der Waals surface area contributed by atoms with E-state index < -0.39 is 6.04 Å². The molecule has 1 aliphatic heterocycles. The van der Waals surface area contributed by atoms with E-state index in [0.29, 0.717) is 34.5 Å². The predicted octanol–water partition coefficient (Wildman–Crippen LogP) is 3.60. The molecule has 1 aliphatic rings. The van der Waals surface area contributed by atoms with Crippen molar-refractivity contribution in [3.8, 4) is 5.75 Å². The first kappa shape index (κ1) is 17.6. The van der Waals surface area contributed by atoms with Gasteiger partial charge in [0.1, 0.15) is 18.4 Å². The van der Waals surface area contributed by atoms with Gasteiger partial charge in [0, 0.05) is 28.2 Å². The monoisotopic (exact) mass is 378 g/mol. The molecule has 0 saturated carbocycles. The van der Waals surface area contributed by atoms with E-state index in [-0.39, 0.29) is 11.8 Å². The molecule has 1 atom stereocenters. The number of hydrogen-bond acceptors (Lipinski definition) is 3. The number of carbonyl (C=O) groups excluding carboxylic acids is 2. The molecule has 2 aromatic carbocycles. The molecular weight excluding hydrogens is 363 g/mol. The maximum atomic E-state index is 12.7. The van der Waals surface area contributed by atoms with Gasteiger partial charge < -0.3 is 15.0 Å². The van der Waals surface area contributed by atoms with Gasteiger partial charge in [0.25, 0.3) is 5.91 Å². The fourth-order valence-electron chi connectivity index (χ4n) is 2.77. The van der Waals surface area contributed by atoms with Gasteiger partial charge in [-0.3, -0.25) is 9.59 Å². The van der Waals surface area contributed by atoms with Crippen molar-refractivity contribution < 1.29 is 14.3 Å². The Balaban J connectivity index is 1.74. The quantitative estimate of drug-likeness (QED) is 0.864. The molecule has 0 spiro atoms. The van der Waals surface area contributed by atoms with Crippen LogP contribution in [0.25, 0.3) is 0 Å². The minimum absolute atomic E-state index is 0.202. The van der Waals surface area contributed by atoms with Crippen molar-refractivity contribution in [2.75, 3.05) is 18.1 Å². The summed E-state index contributed by atoms with van der Waals surface area (Å²) in [6.07, 6.45) is 0. The van der Waals surface area contributed by atoms with Crippen molar-refractivity contribution >= 4 is 40.7 Å². The molecule has 0 fully saturated rings. The van der Waals surface area contributed by atoms with Crippen LogP contribution < -0.4 is 15.0 Å². The lowest BCUT2D eigenvalue weighted by atomic mass is 10.1.